The summed E-state index contributed by atoms with van der Waals surface area (Å²) in [4.78, 5) is 18.5. The molecule has 2 heterocycles. The minimum atomic E-state index is -0.593. The SMILES string of the molecule is COc1cc(C2C(C(=O)Nc3ccc(C)cc3C)=C(C)Nc3nc(SCc4ccccc4)nn32)ccc1O. The number of rotatable bonds is 7. The lowest BCUT2D eigenvalue weighted by atomic mass is 9.94. The number of allylic oxidation sites excluding steroid dienone is 1. The molecule has 0 bridgehead atoms. The van der Waals surface area contributed by atoms with E-state index >= 15 is 0 Å². The van der Waals surface area contributed by atoms with E-state index in [0.29, 0.717) is 33.9 Å². The van der Waals surface area contributed by atoms with E-state index in [9.17, 15) is 9.90 Å². The van der Waals surface area contributed by atoms with Crippen molar-refractivity contribution in [3.8, 4) is 11.5 Å². The first-order chi connectivity index (χ1) is 18.3. The average molecular weight is 528 g/mol. The maximum Gasteiger partial charge on any atom is 0.255 e. The number of benzene rings is 3. The molecular weight excluding hydrogens is 498 g/mol. The number of aromatic nitrogens is 3. The number of hydrogen-bond donors (Lipinski definition) is 3. The van der Waals surface area contributed by atoms with Crippen LogP contribution in [0.3, 0.4) is 0 Å². The highest BCUT2D eigenvalue weighted by Crippen LogP contribution is 2.39. The molecule has 0 spiro atoms. The highest BCUT2D eigenvalue weighted by Gasteiger charge is 2.35. The number of phenolic OH excluding ortho intramolecular Hbond substituents is 1. The van der Waals surface area contributed by atoms with Crippen molar-refractivity contribution in [2.45, 2.75) is 37.7 Å². The fourth-order valence-corrected chi connectivity index (χ4v) is 5.31. The summed E-state index contributed by atoms with van der Waals surface area (Å²) in [6.45, 7) is 5.85. The smallest absolute Gasteiger partial charge is 0.255 e. The summed E-state index contributed by atoms with van der Waals surface area (Å²) in [6.07, 6.45) is 0. The van der Waals surface area contributed by atoms with Gasteiger partial charge in [0.05, 0.1) is 12.7 Å². The molecule has 3 aromatic carbocycles. The van der Waals surface area contributed by atoms with E-state index in [2.05, 4.69) is 22.8 Å². The van der Waals surface area contributed by atoms with E-state index in [4.69, 9.17) is 14.8 Å². The second-order valence-corrected chi connectivity index (χ2v) is 10.1. The van der Waals surface area contributed by atoms with Crippen LogP contribution in [0.25, 0.3) is 0 Å². The van der Waals surface area contributed by atoms with Gasteiger partial charge in [0, 0.05) is 17.1 Å². The summed E-state index contributed by atoms with van der Waals surface area (Å²) in [7, 11) is 1.50. The van der Waals surface area contributed by atoms with Crippen LogP contribution >= 0.6 is 11.8 Å². The Morgan fingerprint density at radius 1 is 1.11 bits per heavy atom. The van der Waals surface area contributed by atoms with Gasteiger partial charge < -0.3 is 20.5 Å². The van der Waals surface area contributed by atoms with Crippen molar-refractivity contribution in [1.82, 2.24) is 14.8 Å². The Bertz CT molecular complexity index is 1530. The van der Waals surface area contributed by atoms with Gasteiger partial charge in [-0.25, -0.2) is 4.68 Å². The van der Waals surface area contributed by atoms with Gasteiger partial charge >= 0.3 is 0 Å². The summed E-state index contributed by atoms with van der Waals surface area (Å²) < 4.78 is 7.10. The van der Waals surface area contributed by atoms with E-state index < -0.39 is 6.04 Å². The molecule has 1 amide bonds. The van der Waals surface area contributed by atoms with Crippen LogP contribution in [-0.2, 0) is 10.5 Å². The first-order valence-electron chi connectivity index (χ1n) is 12.2. The molecule has 0 saturated heterocycles. The van der Waals surface area contributed by atoms with E-state index in [1.165, 1.54) is 24.4 Å². The third kappa shape index (κ3) is 5.10. The van der Waals surface area contributed by atoms with Crippen LogP contribution in [0.4, 0.5) is 11.6 Å². The lowest BCUT2D eigenvalue weighted by molar-refractivity contribution is -0.113. The van der Waals surface area contributed by atoms with Gasteiger partial charge in [-0.2, -0.15) is 4.98 Å². The number of ether oxygens (including phenoxy) is 1. The van der Waals surface area contributed by atoms with E-state index in [1.54, 1.807) is 22.9 Å². The first kappa shape index (κ1) is 25.4. The lowest BCUT2D eigenvalue weighted by Crippen LogP contribution is -2.31. The van der Waals surface area contributed by atoms with Crippen molar-refractivity contribution in [3.05, 3.63) is 100 Å². The van der Waals surface area contributed by atoms with Crippen molar-refractivity contribution in [2.24, 2.45) is 0 Å². The third-order valence-electron chi connectivity index (χ3n) is 6.44. The third-order valence-corrected chi connectivity index (χ3v) is 7.35. The zero-order valence-electron chi connectivity index (χ0n) is 21.6. The van der Waals surface area contributed by atoms with Crippen LogP contribution < -0.4 is 15.4 Å². The largest absolute Gasteiger partial charge is 0.504 e. The Morgan fingerprint density at radius 3 is 2.63 bits per heavy atom. The minimum Gasteiger partial charge on any atom is -0.504 e. The molecule has 38 heavy (non-hydrogen) atoms. The fraction of sp³-hybridized carbons (Fsp3) is 0.207. The van der Waals surface area contributed by atoms with Crippen LogP contribution in [0.5, 0.6) is 11.5 Å². The number of thioether (sulfide) groups is 1. The van der Waals surface area contributed by atoms with Gasteiger partial charge in [0.15, 0.2) is 11.5 Å². The quantitative estimate of drug-likeness (QED) is 0.260. The average Bonchev–Trinajstić information content (AvgIpc) is 3.31. The van der Waals surface area contributed by atoms with Gasteiger partial charge in [0.25, 0.3) is 5.91 Å². The molecule has 0 saturated carbocycles. The fourth-order valence-electron chi connectivity index (χ4n) is 4.52. The predicted molar refractivity (Wildman–Crippen MR) is 150 cm³/mol. The number of aryl methyl sites for hydroxylation is 2. The van der Waals surface area contributed by atoms with Gasteiger partial charge in [-0.05, 0) is 55.7 Å². The zero-order chi connectivity index (χ0) is 26.8. The monoisotopic (exact) mass is 527 g/mol. The number of hydrogen-bond acceptors (Lipinski definition) is 7. The number of nitrogens with one attached hydrogen (secondary N) is 2. The number of aromatic hydroxyl groups is 1. The molecule has 0 radical (unpaired) electrons. The van der Waals surface area contributed by atoms with Crippen LogP contribution in [-0.4, -0.2) is 32.9 Å². The Morgan fingerprint density at radius 2 is 1.89 bits per heavy atom. The second kappa shape index (κ2) is 10.6. The zero-order valence-corrected chi connectivity index (χ0v) is 22.5. The van der Waals surface area contributed by atoms with Crippen LogP contribution in [0, 0.1) is 13.8 Å². The minimum absolute atomic E-state index is 0.0186. The number of carbonyl (C=O) groups excluding carboxylic acids is 1. The maximum absolute atomic E-state index is 13.8. The molecule has 3 N–H and O–H groups in total. The van der Waals surface area contributed by atoms with Gasteiger partial charge in [-0.1, -0.05) is 65.9 Å². The summed E-state index contributed by atoms with van der Waals surface area (Å²) in [5, 5.41) is 22.0. The number of phenols is 1. The lowest BCUT2D eigenvalue weighted by Gasteiger charge is -2.29. The molecule has 1 aliphatic rings. The summed E-state index contributed by atoms with van der Waals surface area (Å²) in [5.41, 5.74) is 5.91. The number of methoxy groups -OCH3 is 1. The summed E-state index contributed by atoms with van der Waals surface area (Å²) >= 11 is 1.52. The number of nitrogens with zero attached hydrogens (tertiary/aromatic N) is 3. The molecule has 194 valence electrons. The molecule has 1 aromatic heterocycles. The van der Waals surface area contributed by atoms with Crippen molar-refractivity contribution >= 4 is 29.3 Å². The molecule has 1 aliphatic heterocycles. The van der Waals surface area contributed by atoms with Crippen LogP contribution in [0.15, 0.2) is 83.2 Å². The molecule has 1 unspecified atom stereocenters. The van der Waals surface area contributed by atoms with Crippen molar-refractivity contribution in [2.75, 3.05) is 17.7 Å². The first-order valence-corrected chi connectivity index (χ1v) is 13.2. The summed E-state index contributed by atoms with van der Waals surface area (Å²) in [6, 6.07) is 20.5. The molecular formula is C29H29N5O3S. The van der Waals surface area contributed by atoms with E-state index in [0.717, 1.165) is 22.4 Å². The predicted octanol–water partition coefficient (Wildman–Crippen LogP) is 5.83. The highest BCUT2D eigenvalue weighted by atomic mass is 32.2. The molecule has 4 aromatic rings. The normalized spacial score (nSPS) is 14.6. The Kier molecular flexibility index (Phi) is 7.11. The van der Waals surface area contributed by atoms with Crippen molar-refractivity contribution in [3.63, 3.8) is 0 Å². The summed E-state index contributed by atoms with van der Waals surface area (Å²) in [5.74, 6) is 1.34. The van der Waals surface area contributed by atoms with Crippen LogP contribution in [0.2, 0.25) is 0 Å². The standard InChI is InChI=1S/C29H29N5O3S/c1-17-10-12-22(18(2)14-17)31-27(36)25-19(3)30-28-32-29(38-16-20-8-6-5-7-9-20)33-34(28)26(25)21-11-13-23(35)24(15-21)37-4/h5-15,26,35H,16H2,1-4H3,(H,31,36)(H,30,32,33). The molecule has 9 heteroatoms. The number of fused-ring (bicyclic) bond motifs is 1. The van der Waals surface area contributed by atoms with Crippen molar-refractivity contribution < 1.29 is 14.6 Å². The second-order valence-electron chi connectivity index (χ2n) is 9.21. The van der Waals surface area contributed by atoms with Gasteiger partial charge in [0.1, 0.15) is 6.04 Å². The number of amides is 1. The van der Waals surface area contributed by atoms with Gasteiger partial charge in [0.2, 0.25) is 11.1 Å². The number of anilines is 2. The highest BCUT2D eigenvalue weighted by molar-refractivity contribution is 7.98. The van der Waals surface area contributed by atoms with Gasteiger partial charge in [-0.3, -0.25) is 4.79 Å². The molecule has 8 nitrogen and oxygen atoms in total. The molecule has 0 fully saturated rings. The topological polar surface area (TPSA) is 101 Å². The Hall–Kier alpha value is -4.24. The van der Waals surface area contributed by atoms with Gasteiger partial charge in [-0.15, -0.1) is 5.10 Å². The molecule has 1 atom stereocenters. The van der Waals surface area contributed by atoms with Crippen LogP contribution in [0.1, 0.15) is 35.2 Å². The van der Waals surface area contributed by atoms with Crippen molar-refractivity contribution in [1.29, 1.82) is 0 Å². The number of carbonyl (C=O) groups is 1. The van der Waals surface area contributed by atoms with E-state index in [1.807, 2.05) is 57.2 Å². The Balaban J connectivity index is 1.53. The maximum atomic E-state index is 13.8. The molecule has 5 rings (SSSR count). The Labute approximate surface area is 225 Å². The molecule has 0 aliphatic carbocycles. The van der Waals surface area contributed by atoms with E-state index in [-0.39, 0.29) is 11.7 Å².